The molecule has 5 nitrogen and oxygen atoms in total. The van der Waals surface area contributed by atoms with Crippen molar-refractivity contribution in [2.24, 2.45) is 5.92 Å². The number of nitrogens with one attached hydrogen (secondary N) is 2. The van der Waals surface area contributed by atoms with Gasteiger partial charge in [0.1, 0.15) is 0 Å². The standard InChI is InChI=1S/C15H21N3O2/c1-11-4-2-3-5-13(11)18-15(20)14(19)17-10-12-6-8-16-9-7-12/h6-9,11,13H,2-5,10H2,1H3,(H,17,19)(H,18,20). The van der Waals surface area contributed by atoms with E-state index in [1.54, 1.807) is 24.5 Å². The summed E-state index contributed by atoms with van der Waals surface area (Å²) in [6.07, 6.45) is 7.72. The van der Waals surface area contributed by atoms with Crippen LogP contribution in [0.25, 0.3) is 0 Å². The lowest BCUT2D eigenvalue weighted by molar-refractivity contribution is -0.140. The van der Waals surface area contributed by atoms with E-state index in [0.717, 1.165) is 24.8 Å². The van der Waals surface area contributed by atoms with Crippen molar-refractivity contribution in [2.45, 2.75) is 45.2 Å². The number of nitrogens with zero attached hydrogens (tertiary/aromatic N) is 1. The number of hydrogen-bond acceptors (Lipinski definition) is 3. The Morgan fingerprint density at radius 1 is 1.20 bits per heavy atom. The molecular weight excluding hydrogens is 254 g/mol. The number of rotatable bonds is 3. The van der Waals surface area contributed by atoms with Crippen molar-refractivity contribution in [2.75, 3.05) is 0 Å². The van der Waals surface area contributed by atoms with Crippen LogP contribution in [0.2, 0.25) is 0 Å². The number of aromatic nitrogens is 1. The second-order valence-corrected chi connectivity index (χ2v) is 5.38. The van der Waals surface area contributed by atoms with E-state index in [9.17, 15) is 9.59 Å². The molecule has 2 unspecified atom stereocenters. The van der Waals surface area contributed by atoms with E-state index in [0.29, 0.717) is 12.5 Å². The van der Waals surface area contributed by atoms with E-state index in [2.05, 4.69) is 22.5 Å². The Morgan fingerprint density at radius 3 is 2.60 bits per heavy atom. The molecule has 1 aromatic heterocycles. The molecule has 1 aromatic rings. The first-order valence-corrected chi connectivity index (χ1v) is 7.14. The van der Waals surface area contributed by atoms with Crippen molar-refractivity contribution in [3.8, 4) is 0 Å². The fraction of sp³-hybridized carbons (Fsp3) is 0.533. The molecule has 2 amide bonds. The normalized spacial score (nSPS) is 22.1. The van der Waals surface area contributed by atoms with E-state index < -0.39 is 11.8 Å². The number of hydrogen-bond donors (Lipinski definition) is 2. The Bertz CT molecular complexity index is 461. The largest absolute Gasteiger partial charge is 0.345 e. The molecule has 1 aliphatic rings. The lowest BCUT2D eigenvalue weighted by Gasteiger charge is -2.29. The molecule has 20 heavy (non-hydrogen) atoms. The van der Waals surface area contributed by atoms with E-state index in [1.807, 2.05) is 0 Å². The van der Waals surface area contributed by atoms with Crippen molar-refractivity contribution in [1.29, 1.82) is 0 Å². The summed E-state index contributed by atoms with van der Waals surface area (Å²) in [6, 6.07) is 3.74. The summed E-state index contributed by atoms with van der Waals surface area (Å²) in [7, 11) is 0. The molecule has 0 radical (unpaired) electrons. The first kappa shape index (κ1) is 14.5. The van der Waals surface area contributed by atoms with Crippen LogP contribution in [0.1, 0.15) is 38.2 Å². The predicted molar refractivity (Wildman–Crippen MR) is 75.6 cm³/mol. The second kappa shape index (κ2) is 7.03. The van der Waals surface area contributed by atoms with Crippen LogP contribution >= 0.6 is 0 Å². The van der Waals surface area contributed by atoms with Crippen LogP contribution in [0, 0.1) is 5.92 Å². The minimum absolute atomic E-state index is 0.128. The molecule has 108 valence electrons. The third-order valence-corrected chi connectivity index (χ3v) is 3.84. The molecule has 0 aliphatic heterocycles. The molecular formula is C15H21N3O2. The van der Waals surface area contributed by atoms with Crippen LogP contribution in [0.15, 0.2) is 24.5 Å². The first-order chi connectivity index (χ1) is 9.66. The third-order valence-electron chi connectivity index (χ3n) is 3.84. The van der Waals surface area contributed by atoms with Crippen LogP contribution in [-0.4, -0.2) is 22.8 Å². The van der Waals surface area contributed by atoms with Crippen LogP contribution in [0.5, 0.6) is 0 Å². The van der Waals surface area contributed by atoms with Crippen molar-refractivity contribution in [3.05, 3.63) is 30.1 Å². The molecule has 1 aliphatic carbocycles. The van der Waals surface area contributed by atoms with Crippen LogP contribution in [0.4, 0.5) is 0 Å². The molecule has 0 bridgehead atoms. The van der Waals surface area contributed by atoms with Gasteiger partial charge in [-0.05, 0) is 36.5 Å². The zero-order chi connectivity index (χ0) is 14.4. The van der Waals surface area contributed by atoms with Crippen LogP contribution in [-0.2, 0) is 16.1 Å². The third kappa shape index (κ3) is 4.05. The van der Waals surface area contributed by atoms with Gasteiger partial charge in [0.05, 0.1) is 0 Å². The highest BCUT2D eigenvalue weighted by Gasteiger charge is 2.25. The summed E-state index contributed by atoms with van der Waals surface area (Å²) < 4.78 is 0. The summed E-state index contributed by atoms with van der Waals surface area (Å²) in [5.41, 5.74) is 0.923. The maximum atomic E-state index is 11.8. The molecule has 0 spiro atoms. The quantitative estimate of drug-likeness (QED) is 0.819. The minimum atomic E-state index is -0.570. The average Bonchev–Trinajstić information content (AvgIpc) is 2.48. The topological polar surface area (TPSA) is 71.1 Å². The number of pyridine rings is 1. The molecule has 2 rings (SSSR count). The fourth-order valence-electron chi connectivity index (χ4n) is 2.53. The molecule has 1 heterocycles. The number of amides is 2. The molecule has 1 fully saturated rings. The smallest absolute Gasteiger partial charge is 0.309 e. The zero-order valence-corrected chi connectivity index (χ0v) is 11.8. The summed E-state index contributed by atoms with van der Waals surface area (Å²) in [4.78, 5) is 27.5. The maximum absolute atomic E-state index is 11.8. The van der Waals surface area contributed by atoms with Crippen molar-refractivity contribution in [1.82, 2.24) is 15.6 Å². The molecule has 5 heteroatoms. The zero-order valence-electron chi connectivity index (χ0n) is 11.8. The summed E-state index contributed by atoms with van der Waals surface area (Å²) >= 11 is 0. The van der Waals surface area contributed by atoms with E-state index in [4.69, 9.17) is 0 Å². The van der Waals surface area contributed by atoms with Gasteiger partial charge in [0, 0.05) is 25.0 Å². The average molecular weight is 275 g/mol. The van der Waals surface area contributed by atoms with E-state index in [-0.39, 0.29) is 6.04 Å². The van der Waals surface area contributed by atoms with Gasteiger partial charge in [0.2, 0.25) is 0 Å². The molecule has 0 aromatic carbocycles. The van der Waals surface area contributed by atoms with Gasteiger partial charge in [0.25, 0.3) is 0 Å². The first-order valence-electron chi connectivity index (χ1n) is 7.14. The highest BCUT2D eigenvalue weighted by molar-refractivity contribution is 6.35. The Hall–Kier alpha value is -1.91. The highest BCUT2D eigenvalue weighted by atomic mass is 16.2. The van der Waals surface area contributed by atoms with Crippen molar-refractivity contribution in [3.63, 3.8) is 0 Å². The monoisotopic (exact) mass is 275 g/mol. The lowest BCUT2D eigenvalue weighted by atomic mass is 9.86. The molecule has 2 atom stereocenters. The van der Waals surface area contributed by atoms with Gasteiger partial charge in [0.15, 0.2) is 0 Å². The van der Waals surface area contributed by atoms with Gasteiger partial charge in [-0.1, -0.05) is 19.8 Å². The summed E-state index contributed by atoms with van der Waals surface area (Å²) in [6.45, 7) is 2.47. The van der Waals surface area contributed by atoms with Gasteiger partial charge < -0.3 is 10.6 Å². The Balaban J connectivity index is 1.78. The van der Waals surface area contributed by atoms with Crippen LogP contribution < -0.4 is 10.6 Å². The summed E-state index contributed by atoms with van der Waals surface area (Å²) in [5, 5.41) is 5.47. The van der Waals surface area contributed by atoms with Gasteiger partial charge in [-0.3, -0.25) is 14.6 Å². The van der Waals surface area contributed by atoms with Crippen molar-refractivity contribution < 1.29 is 9.59 Å². The summed E-state index contributed by atoms with van der Waals surface area (Å²) in [5.74, 6) is -0.655. The number of carbonyl (C=O) groups is 2. The Kier molecular flexibility index (Phi) is 5.09. The highest BCUT2D eigenvalue weighted by Crippen LogP contribution is 2.23. The van der Waals surface area contributed by atoms with Gasteiger partial charge >= 0.3 is 11.8 Å². The predicted octanol–water partition coefficient (Wildman–Crippen LogP) is 1.39. The van der Waals surface area contributed by atoms with Crippen LogP contribution in [0.3, 0.4) is 0 Å². The SMILES string of the molecule is CC1CCCCC1NC(=O)C(=O)NCc1ccncc1. The van der Waals surface area contributed by atoms with E-state index >= 15 is 0 Å². The molecule has 1 saturated carbocycles. The molecule has 0 saturated heterocycles. The second-order valence-electron chi connectivity index (χ2n) is 5.38. The van der Waals surface area contributed by atoms with Gasteiger partial charge in [-0.25, -0.2) is 0 Å². The minimum Gasteiger partial charge on any atom is -0.345 e. The van der Waals surface area contributed by atoms with Crippen molar-refractivity contribution >= 4 is 11.8 Å². The fourth-order valence-corrected chi connectivity index (χ4v) is 2.53. The number of carbonyl (C=O) groups excluding carboxylic acids is 2. The maximum Gasteiger partial charge on any atom is 0.309 e. The molecule has 2 N–H and O–H groups in total. The van der Waals surface area contributed by atoms with Gasteiger partial charge in [-0.15, -0.1) is 0 Å². The van der Waals surface area contributed by atoms with Gasteiger partial charge in [-0.2, -0.15) is 0 Å². The lowest BCUT2D eigenvalue weighted by Crippen LogP contribution is -2.47. The Morgan fingerprint density at radius 2 is 1.90 bits per heavy atom. The Labute approximate surface area is 119 Å². The van der Waals surface area contributed by atoms with E-state index in [1.165, 1.54) is 6.42 Å².